The summed E-state index contributed by atoms with van der Waals surface area (Å²) >= 11 is 0. The van der Waals surface area contributed by atoms with E-state index in [1.165, 1.54) is 5.01 Å². The zero-order chi connectivity index (χ0) is 26.8. The molecular weight excluding hydrogens is 513 g/mol. The van der Waals surface area contributed by atoms with Crippen LogP contribution in [0, 0.1) is 0 Å². The van der Waals surface area contributed by atoms with E-state index in [-0.39, 0.29) is 23.3 Å². The number of carbonyl (C=O) groups is 1. The number of hydrogen-bond donors (Lipinski definition) is 1. The summed E-state index contributed by atoms with van der Waals surface area (Å²) in [5.41, 5.74) is -2.32. The molecule has 198 valence electrons. The maximum absolute atomic E-state index is 13.1. The van der Waals surface area contributed by atoms with Gasteiger partial charge in [-0.2, -0.15) is 26.7 Å². The largest absolute Gasteiger partial charge is 0.516 e. The lowest BCUT2D eigenvalue weighted by atomic mass is 10.2. The number of amides is 1. The second-order valence-electron chi connectivity index (χ2n) is 8.05. The van der Waals surface area contributed by atoms with E-state index in [4.69, 9.17) is 4.74 Å². The van der Waals surface area contributed by atoms with Crippen molar-refractivity contribution >= 4 is 33.6 Å². The third-order valence-corrected chi connectivity index (χ3v) is 7.14. The number of sulfonamides is 1. The lowest BCUT2D eigenvalue weighted by Gasteiger charge is -2.29. The number of aryl methyl sites for hydroxylation is 1. The van der Waals surface area contributed by atoms with Gasteiger partial charge in [0.2, 0.25) is 0 Å². The monoisotopic (exact) mass is 538 g/mol. The molecule has 0 atom stereocenters. The molecule has 0 fully saturated rings. The van der Waals surface area contributed by atoms with Gasteiger partial charge in [-0.1, -0.05) is 19.1 Å². The number of imidazole rings is 1. The van der Waals surface area contributed by atoms with E-state index in [0.29, 0.717) is 47.8 Å². The van der Waals surface area contributed by atoms with Crippen LogP contribution >= 0.6 is 0 Å². The first kappa shape index (κ1) is 26.3. The van der Waals surface area contributed by atoms with E-state index in [1.54, 1.807) is 47.0 Å². The van der Waals surface area contributed by atoms with Crippen LogP contribution in [-0.2, 0) is 23.0 Å². The van der Waals surface area contributed by atoms with Crippen molar-refractivity contribution in [2.24, 2.45) is 5.10 Å². The number of pyridine rings is 1. The Morgan fingerprint density at radius 1 is 1.11 bits per heavy atom. The first-order valence-electron chi connectivity index (χ1n) is 11.5. The number of anilines is 1. The highest BCUT2D eigenvalue weighted by molar-refractivity contribution is 7.90. The Balaban J connectivity index is 1.43. The quantitative estimate of drug-likeness (QED) is 0.472. The first-order valence-corrected chi connectivity index (χ1v) is 12.9. The Morgan fingerprint density at radius 2 is 1.84 bits per heavy atom. The molecule has 1 aromatic carbocycles. The normalized spacial score (nSPS) is 14.3. The van der Waals surface area contributed by atoms with E-state index in [9.17, 15) is 26.4 Å². The van der Waals surface area contributed by atoms with Crippen LogP contribution in [0.15, 0.2) is 47.7 Å². The molecule has 0 saturated heterocycles. The highest BCUT2D eigenvalue weighted by Gasteiger charge is 2.50. The Morgan fingerprint density at radius 3 is 2.43 bits per heavy atom. The first-order chi connectivity index (χ1) is 17.5. The van der Waals surface area contributed by atoms with Gasteiger partial charge < -0.3 is 10.1 Å². The fraction of sp³-hybridized carbons (Fsp3) is 0.348. The summed E-state index contributed by atoms with van der Waals surface area (Å²) in [5, 5.41) is 8.12. The summed E-state index contributed by atoms with van der Waals surface area (Å²) in [7, 11) is -5.47. The van der Waals surface area contributed by atoms with Crippen molar-refractivity contribution in [3.05, 3.63) is 59.5 Å². The highest BCUT2D eigenvalue weighted by atomic mass is 32.2. The van der Waals surface area contributed by atoms with Gasteiger partial charge in [0.25, 0.3) is 5.91 Å². The van der Waals surface area contributed by atoms with E-state index >= 15 is 0 Å². The predicted octanol–water partition coefficient (Wildman–Crippen LogP) is 3.14. The molecule has 37 heavy (non-hydrogen) atoms. The molecule has 14 heteroatoms. The van der Waals surface area contributed by atoms with Crippen molar-refractivity contribution in [1.82, 2.24) is 19.0 Å². The van der Waals surface area contributed by atoms with Crippen molar-refractivity contribution in [2.45, 2.75) is 32.3 Å². The van der Waals surface area contributed by atoms with Gasteiger partial charge in [-0.3, -0.25) is 14.2 Å². The molecule has 1 amide bonds. The molecule has 1 N–H and O–H groups in total. The summed E-state index contributed by atoms with van der Waals surface area (Å²) in [6, 6.07) is 10.5. The number of alkyl halides is 3. The number of hydrogen-bond acceptors (Lipinski definition) is 7. The van der Waals surface area contributed by atoms with Gasteiger partial charge >= 0.3 is 15.5 Å². The van der Waals surface area contributed by atoms with Gasteiger partial charge in [-0.15, -0.1) is 0 Å². The standard InChI is InChI=1S/C23H25F3N6O4S/c1-3-19-21(31-14-18(36-4-2)9-10-20(31)29-19)22(33)27-13-16-5-7-17(8-6-16)32-12-11-30(15-28-32)37(34,35)23(24,25)26/h5-10,14-15H,3-4,11-13H2,1-2H3,(H,27,33). The van der Waals surface area contributed by atoms with Crippen LogP contribution in [0.4, 0.5) is 18.9 Å². The van der Waals surface area contributed by atoms with E-state index in [0.717, 1.165) is 5.56 Å². The SMILES string of the molecule is CCOc1ccc2nc(CC)c(C(=O)NCc3ccc(N4CCN(S(=O)(=O)C(F)(F)F)C=N4)cc3)n2c1. The molecule has 0 bridgehead atoms. The van der Waals surface area contributed by atoms with E-state index in [2.05, 4.69) is 15.4 Å². The molecule has 10 nitrogen and oxygen atoms in total. The molecule has 4 rings (SSSR count). The number of nitrogens with one attached hydrogen (secondary N) is 1. The summed E-state index contributed by atoms with van der Waals surface area (Å²) in [6.07, 6.45) is 2.95. The maximum Gasteiger partial charge on any atom is 0.516 e. The molecule has 0 aliphatic carbocycles. The van der Waals surface area contributed by atoms with Crippen LogP contribution in [0.1, 0.15) is 35.6 Å². The fourth-order valence-corrected chi connectivity index (χ4v) is 4.56. The maximum atomic E-state index is 13.1. The van der Waals surface area contributed by atoms with Crippen molar-refractivity contribution in [1.29, 1.82) is 0 Å². The second kappa shape index (κ2) is 10.3. The molecule has 1 aliphatic heterocycles. The van der Waals surface area contributed by atoms with Gasteiger partial charge in [0.05, 0.1) is 37.3 Å². The number of benzene rings is 1. The summed E-state index contributed by atoms with van der Waals surface area (Å²) in [4.78, 5) is 17.6. The number of carbonyl (C=O) groups excluding carboxylic acids is 1. The lowest BCUT2D eigenvalue weighted by molar-refractivity contribution is -0.0471. The molecule has 0 spiro atoms. The van der Waals surface area contributed by atoms with Crippen LogP contribution in [0.25, 0.3) is 5.65 Å². The number of fused-ring (bicyclic) bond motifs is 1. The van der Waals surface area contributed by atoms with Crippen LogP contribution < -0.4 is 15.1 Å². The Kier molecular flexibility index (Phi) is 7.30. The van der Waals surface area contributed by atoms with Gasteiger partial charge in [0, 0.05) is 6.54 Å². The fourth-order valence-electron chi connectivity index (χ4n) is 3.80. The minimum Gasteiger partial charge on any atom is -0.492 e. The van der Waals surface area contributed by atoms with Crippen LogP contribution in [0.2, 0.25) is 0 Å². The van der Waals surface area contributed by atoms with Gasteiger partial charge in [-0.05, 0) is 43.2 Å². The minimum absolute atomic E-state index is 0.0558. The van der Waals surface area contributed by atoms with Crippen LogP contribution in [0.5, 0.6) is 5.75 Å². The number of rotatable bonds is 8. The van der Waals surface area contributed by atoms with E-state index < -0.39 is 22.1 Å². The minimum atomic E-state index is -5.47. The predicted molar refractivity (Wildman–Crippen MR) is 131 cm³/mol. The van der Waals surface area contributed by atoms with Crippen molar-refractivity contribution in [2.75, 3.05) is 24.7 Å². The summed E-state index contributed by atoms with van der Waals surface area (Å²) < 4.78 is 68.6. The number of nitrogens with zero attached hydrogens (tertiary/aromatic N) is 5. The zero-order valence-corrected chi connectivity index (χ0v) is 20.9. The Bertz CT molecular complexity index is 1420. The number of aromatic nitrogens is 2. The average molecular weight is 539 g/mol. The average Bonchev–Trinajstić information content (AvgIpc) is 3.25. The number of ether oxygens (including phenoxy) is 1. The Labute approximate surface area is 211 Å². The second-order valence-corrected chi connectivity index (χ2v) is 9.93. The smallest absolute Gasteiger partial charge is 0.492 e. The topological polar surface area (TPSA) is 109 Å². The Hall–Kier alpha value is -3.81. The molecule has 0 saturated carbocycles. The summed E-state index contributed by atoms with van der Waals surface area (Å²) in [6.45, 7) is 4.06. The third-order valence-electron chi connectivity index (χ3n) is 5.67. The number of halogens is 3. The van der Waals surface area contributed by atoms with E-state index in [1.807, 2.05) is 13.8 Å². The van der Waals surface area contributed by atoms with Gasteiger partial charge in [-0.25, -0.2) is 9.29 Å². The third kappa shape index (κ3) is 5.33. The molecule has 0 radical (unpaired) electrons. The lowest BCUT2D eigenvalue weighted by Crippen LogP contribution is -2.46. The molecular formula is C23H25F3N6O4S. The zero-order valence-electron chi connectivity index (χ0n) is 20.1. The van der Waals surface area contributed by atoms with Gasteiger partial charge in [0.15, 0.2) is 0 Å². The molecule has 3 heterocycles. The highest BCUT2D eigenvalue weighted by Crippen LogP contribution is 2.27. The molecule has 3 aromatic rings. The van der Waals surface area contributed by atoms with Crippen molar-refractivity contribution in [3.63, 3.8) is 0 Å². The van der Waals surface area contributed by atoms with Gasteiger partial charge in [0.1, 0.15) is 23.4 Å². The van der Waals surface area contributed by atoms with Crippen LogP contribution in [-0.4, -0.2) is 59.6 Å². The van der Waals surface area contributed by atoms with Crippen molar-refractivity contribution < 1.29 is 31.1 Å². The number of hydrazone groups is 1. The van der Waals surface area contributed by atoms with Crippen LogP contribution in [0.3, 0.4) is 0 Å². The molecule has 0 unspecified atom stereocenters. The molecule has 1 aliphatic rings. The van der Waals surface area contributed by atoms with Crippen molar-refractivity contribution in [3.8, 4) is 5.75 Å². The molecule has 2 aromatic heterocycles. The summed E-state index contributed by atoms with van der Waals surface area (Å²) in [5.74, 6) is 0.327.